The minimum Gasteiger partial charge on any atom is -0.357 e. The largest absolute Gasteiger partial charge is 0.357 e. The molecule has 0 aromatic carbocycles. The highest BCUT2D eigenvalue weighted by Crippen LogP contribution is 2.39. The van der Waals surface area contributed by atoms with Gasteiger partial charge in [0.15, 0.2) is 0 Å². The first-order chi connectivity index (χ1) is 10.00. The summed E-state index contributed by atoms with van der Waals surface area (Å²) in [6.45, 7) is 4.76. The van der Waals surface area contributed by atoms with Crippen molar-refractivity contribution < 1.29 is 0 Å². The fraction of sp³-hybridized carbons (Fsp3) is 0.625. The zero-order valence-electron chi connectivity index (χ0n) is 13.3. The van der Waals surface area contributed by atoms with Crippen LogP contribution in [0.1, 0.15) is 39.5 Å². The summed E-state index contributed by atoms with van der Waals surface area (Å²) in [5, 5.41) is 6.35. The topological polar surface area (TPSA) is 41.1 Å². The molecule has 0 atom stereocenters. The standard InChI is InChI=1S/C16H24N4S/c1-16(2)8-5-11(6-9-16)20(4)13-12-7-10-21-14(12)19-15(17-3)18-13/h7,10-11H,5-6,8-9H2,1-4H3,(H,17,18,19). The monoisotopic (exact) mass is 304 g/mol. The summed E-state index contributed by atoms with van der Waals surface area (Å²) in [6.07, 6.45) is 5.07. The summed E-state index contributed by atoms with van der Waals surface area (Å²) < 4.78 is 0. The lowest BCUT2D eigenvalue weighted by Gasteiger charge is -2.39. The molecule has 1 aliphatic carbocycles. The predicted molar refractivity (Wildman–Crippen MR) is 91.4 cm³/mol. The molecule has 1 aliphatic rings. The van der Waals surface area contributed by atoms with E-state index in [0.717, 1.165) is 10.6 Å². The Balaban J connectivity index is 1.90. The van der Waals surface area contributed by atoms with Gasteiger partial charge in [-0.1, -0.05) is 13.8 Å². The highest BCUT2D eigenvalue weighted by molar-refractivity contribution is 7.16. The van der Waals surface area contributed by atoms with E-state index in [0.29, 0.717) is 17.4 Å². The molecule has 1 saturated carbocycles. The molecule has 0 bridgehead atoms. The van der Waals surface area contributed by atoms with E-state index in [1.807, 2.05) is 7.05 Å². The Hall–Kier alpha value is -1.36. The molecule has 1 fully saturated rings. The van der Waals surface area contributed by atoms with Gasteiger partial charge in [0, 0.05) is 20.1 Å². The van der Waals surface area contributed by atoms with Crippen LogP contribution in [0.2, 0.25) is 0 Å². The molecule has 1 N–H and O–H groups in total. The van der Waals surface area contributed by atoms with Crippen LogP contribution in [-0.4, -0.2) is 30.1 Å². The van der Waals surface area contributed by atoms with Crippen LogP contribution in [0.3, 0.4) is 0 Å². The normalized spacial score (nSPS) is 18.9. The van der Waals surface area contributed by atoms with E-state index < -0.39 is 0 Å². The lowest BCUT2D eigenvalue weighted by molar-refractivity contribution is 0.222. The molecule has 5 heteroatoms. The number of fused-ring (bicyclic) bond motifs is 1. The predicted octanol–water partition coefficient (Wildman–Crippen LogP) is 4.14. The zero-order chi connectivity index (χ0) is 15.0. The molecule has 0 spiro atoms. The number of hydrogen-bond acceptors (Lipinski definition) is 5. The lowest BCUT2D eigenvalue weighted by Crippen LogP contribution is -2.37. The number of hydrogen-bond donors (Lipinski definition) is 1. The number of rotatable bonds is 3. The molecular formula is C16H24N4S. The minimum atomic E-state index is 0.497. The second kappa shape index (κ2) is 5.44. The number of thiophene rings is 1. The maximum atomic E-state index is 4.71. The van der Waals surface area contributed by atoms with E-state index in [1.165, 1.54) is 31.1 Å². The van der Waals surface area contributed by atoms with Gasteiger partial charge in [-0.05, 0) is 42.5 Å². The Morgan fingerprint density at radius 2 is 2.00 bits per heavy atom. The highest BCUT2D eigenvalue weighted by atomic mass is 32.1. The average Bonchev–Trinajstić information content (AvgIpc) is 2.93. The maximum Gasteiger partial charge on any atom is 0.225 e. The van der Waals surface area contributed by atoms with Gasteiger partial charge in [-0.2, -0.15) is 4.98 Å². The van der Waals surface area contributed by atoms with Crippen LogP contribution in [0.25, 0.3) is 10.2 Å². The SMILES string of the molecule is CNc1nc(N(C)C2CCC(C)(C)CC2)c2ccsc2n1. The van der Waals surface area contributed by atoms with Gasteiger partial charge in [-0.3, -0.25) is 0 Å². The Kier molecular flexibility index (Phi) is 3.78. The van der Waals surface area contributed by atoms with Crippen LogP contribution in [0.5, 0.6) is 0 Å². The van der Waals surface area contributed by atoms with Gasteiger partial charge in [0.05, 0.1) is 5.39 Å². The average molecular weight is 304 g/mol. The van der Waals surface area contributed by atoms with Gasteiger partial charge in [0.2, 0.25) is 5.95 Å². The van der Waals surface area contributed by atoms with Crippen molar-refractivity contribution in [2.45, 2.75) is 45.6 Å². The number of nitrogens with zero attached hydrogens (tertiary/aromatic N) is 3. The van der Waals surface area contributed by atoms with Gasteiger partial charge in [0.25, 0.3) is 0 Å². The van der Waals surface area contributed by atoms with Crippen LogP contribution in [0, 0.1) is 5.41 Å². The van der Waals surface area contributed by atoms with Gasteiger partial charge >= 0.3 is 0 Å². The molecule has 2 heterocycles. The van der Waals surface area contributed by atoms with Crippen LogP contribution in [-0.2, 0) is 0 Å². The maximum absolute atomic E-state index is 4.71. The summed E-state index contributed by atoms with van der Waals surface area (Å²) in [5.74, 6) is 1.78. The van der Waals surface area contributed by atoms with Crippen molar-refractivity contribution in [1.29, 1.82) is 0 Å². The van der Waals surface area contributed by atoms with Crippen molar-refractivity contribution in [1.82, 2.24) is 9.97 Å². The minimum absolute atomic E-state index is 0.497. The zero-order valence-corrected chi connectivity index (χ0v) is 14.1. The quantitative estimate of drug-likeness (QED) is 0.925. The molecule has 21 heavy (non-hydrogen) atoms. The molecular weight excluding hydrogens is 280 g/mol. The van der Waals surface area contributed by atoms with E-state index in [-0.39, 0.29) is 0 Å². The van der Waals surface area contributed by atoms with E-state index in [9.17, 15) is 0 Å². The first kappa shape index (κ1) is 14.6. The summed E-state index contributed by atoms with van der Waals surface area (Å²) in [6, 6.07) is 2.72. The van der Waals surface area contributed by atoms with Crippen molar-refractivity contribution in [3.8, 4) is 0 Å². The van der Waals surface area contributed by atoms with Crippen molar-refractivity contribution in [3.05, 3.63) is 11.4 Å². The molecule has 2 aromatic heterocycles. The molecule has 0 unspecified atom stereocenters. The van der Waals surface area contributed by atoms with Gasteiger partial charge in [-0.25, -0.2) is 4.98 Å². The summed E-state index contributed by atoms with van der Waals surface area (Å²) in [7, 11) is 4.06. The highest BCUT2D eigenvalue weighted by Gasteiger charge is 2.30. The fourth-order valence-corrected chi connectivity index (χ4v) is 3.92. The Morgan fingerprint density at radius 3 is 2.67 bits per heavy atom. The molecule has 0 aliphatic heterocycles. The molecule has 0 radical (unpaired) electrons. The van der Waals surface area contributed by atoms with Crippen LogP contribution >= 0.6 is 11.3 Å². The van der Waals surface area contributed by atoms with Crippen LogP contribution in [0.4, 0.5) is 11.8 Å². The molecule has 3 rings (SSSR count). The summed E-state index contributed by atoms with van der Waals surface area (Å²) in [5.41, 5.74) is 0.497. The second-order valence-corrected chi connectivity index (χ2v) is 7.66. The van der Waals surface area contributed by atoms with Crippen LogP contribution < -0.4 is 10.2 Å². The van der Waals surface area contributed by atoms with Crippen molar-refractivity contribution in [2.75, 3.05) is 24.3 Å². The Morgan fingerprint density at radius 1 is 1.29 bits per heavy atom. The third-order valence-electron chi connectivity index (χ3n) is 4.72. The molecule has 4 nitrogen and oxygen atoms in total. The number of aromatic nitrogens is 2. The fourth-order valence-electron chi connectivity index (χ4n) is 3.16. The Bertz CT molecular complexity index is 624. The summed E-state index contributed by atoms with van der Waals surface area (Å²) >= 11 is 1.68. The molecule has 114 valence electrons. The molecule has 0 amide bonds. The van der Waals surface area contributed by atoms with Gasteiger partial charge in [-0.15, -0.1) is 11.3 Å². The third kappa shape index (κ3) is 2.84. The number of nitrogens with one attached hydrogen (secondary N) is 1. The second-order valence-electron chi connectivity index (χ2n) is 6.77. The van der Waals surface area contributed by atoms with E-state index in [1.54, 1.807) is 11.3 Å². The smallest absolute Gasteiger partial charge is 0.225 e. The first-order valence-electron chi connectivity index (χ1n) is 7.66. The van der Waals surface area contributed by atoms with Gasteiger partial charge < -0.3 is 10.2 Å². The van der Waals surface area contributed by atoms with E-state index >= 15 is 0 Å². The Labute approximate surface area is 130 Å². The van der Waals surface area contributed by atoms with Crippen LogP contribution in [0.15, 0.2) is 11.4 Å². The molecule has 2 aromatic rings. The van der Waals surface area contributed by atoms with E-state index in [2.05, 4.69) is 47.5 Å². The molecule has 0 saturated heterocycles. The van der Waals surface area contributed by atoms with Crippen molar-refractivity contribution >= 4 is 33.3 Å². The van der Waals surface area contributed by atoms with Gasteiger partial charge in [0.1, 0.15) is 10.6 Å². The summed E-state index contributed by atoms with van der Waals surface area (Å²) in [4.78, 5) is 12.7. The van der Waals surface area contributed by atoms with Crippen molar-refractivity contribution in [2.24, 2.45) is 5.41 Å². The first-order valence-corrected chi connectivity index (χ1v) is 8.54. The van der Waals surface area contributed by atoms with E-state index in [4.69, 9.17) is 4.98 Å². The third-order valence-corrected chi connectivity index (χ3v) is 5.53. The number of anilines is 2. The van der Waals surface area contributed by atoms with Crippen molar-refractivity contribution in [3.63, 3.8) is 0 Å². The lowest BCUT2D eigenvalue weighted by atomic mass is 9.75.